The van der Waals surface area contributed by atoms with Crippen molar-refractivity contribution in [1.82, 2.24) is 9.80 Å². The molecule has 2 aliphatic heterocycles. The molecular weight excluding hydrogens is 168 g/mol. The molecule has 0 aromatic rings. The number of aliphatic hydroxyl groups is 1. The van der Waals surface area contributed by atoms with Crippen molar-refractivity contribution < 1.29 is 9.84 Å². The molecule has 0 aromatic heterocycles. The Morgan fingerprint density at radius 3 is 2.54 bits per heavy atom. The van der Waals surface area contributed by atoms with Gasteiger partial charge in [-0.15, -0.1) is 0 Å². The third-order valence-corrected chi connectivity index (χ3v) is 2.75. The minimum Gasteiger partial charge on any atom is -0.392 e. The molecule has 2 aliphatic rings. The van der Waals surface area contributed by atoms with Crippen LogP contribution in [0.15, 0.2) is 0 Å². The summed E-state index contributed by atoms with van der Waals surface area (Å²) < 4.78 is 5.28. The van der Waals surface area contributed by atoms with Crippen LogP contribution in [0, 0.1) is 0 Å². The van der Waals surface area contributed by atoms with Crippen molar-refractivity contribution in [3.8, 4) is 0 Å². The number of β-amino-alcohol motifs (C(OH)–C–C–N with tert-alkyl or cyclic N) is 1. The summed E-state index contributed by atoms with van der Waals surface area (Å²) in [5.74, 6) is 0. The zero-order chi connectivity index (χ0) is 9.10. The fourth-order valence-corrected chi connectivity index (χ4v) is 1.97. The average molecular weight is 186 g/mol. The lowest BCUT2D eigenvalue weighted by molar-refractivity contribution is 0.0122. The Morgan fingerprint density at radius 1 is 1.15 bits per heavy atom. The zero-order valence-electron chi connectivity index (χ0n) is 7.98. The summed E-state index contributed by atoms with van der Waals surface area (Å²) >= 11 is 0. The summed E-state index contributed by atoms with van der Waals surface area (Å²) in [6.45, 7) is 6.67. The Labute approximate surface area is 79.1 Å². The van der Waals surface area contributed by atoms with E-state index in [1.807, 2.05) is 0 Å². The van der Waals surface area contributed by atoms with Crippen LogP contribution in [0.1, 0.15) is 6.42 Å². The van der Waals surface area contributed by atoms with Gasteiger partial charge in [0.05, 0.1) is 26.0 Å². The molecule has 2 heterocycles. The van der Waals surface area contributed by atoms with E-state index >= 15 is 0 Å². The smallest absolute Gasteiger partial charge is 0.0679 e. The van der Waals surface area contributed by atoms with Gasteiger partial charge in [0.1, 0.15) is 0 Å². The Bertz CT molecular complexity index is 157. The molecule has 2 rings (SSSR count). The summed E-state index contributed by atoms with van der Waals surface area (Å²) in [4.78, 5) is 4.71. The maximum absolute atomic E-state index is 9.34. The molecule has 13 heavy (non-hydrogen) atoms. The molecule has 2 fully saturated rings. The molecule has 0 bridgehead atoms. The first-order valence-electron chi connectivity index (χ1n) is 5.05. The number of ether oxygens (including phenoxy) is 1. The van der Waals surface area contributed by atoms with E-state index in [2.05, 4.69) is 9.80 Å². The molecule has 4 nitrogen and oxygen atoms in total. The molecule has 0 radical (unpaired) electrons. The maximum atomic E-state index is 9.34. The molecule has 0 saturated carbocycles. The Balaban J connectivity index is 1.71. The van der Waals surface area contributed by atoms with Crippen molar-refractivity contribution in [3.63, 3.8) is 0 Å². The third kappa shape index (κ3) is 2.64. The first-order chi connectivity index (χ1) is 6.34. The first kappa shape index (κ1) is 9.40. The predicted octanol–water partition coefficient (Wildman–Crippen LogP) is -0.657. The second kappa shape index (κ2) is 4.37. The van der Waals surface area contributed by atoms with Crippen molar-refractivity contribution in [2.45, 2.75) is 12.5 Å². The van der Waals surface area contributed by atoms with Crippen LogP contribution in [-0.4, -0.2) is 67.1 Å². The molecule has 2 saturated heterocycles. The number of likely N-dealkylation sites (tertiary alicyclic amines) is 1. The molecule has 0 spiro atoms. The largest absolute Gasteiger partial charge is 0.392 e. The molecular formula is C9H18N2O2. The van der Waals surface area contributed by atoms with E-state index in [9.17, 15) is 5.11 Å². The lowest BCUT2D eigenvalue weighted by atomic mass is 10.3. The lowest BCUT2D eigenvalue weighted by Gasteiger charge is -2.30. The van der Waals surface area contributed by atoms with Crippen LogP contribution in [0.4, 0.5) is 0 Å². The van der Waals surface area contributed by atoms with Crippen molar-refractivity contribution in [2.75, 3.05) is 46.1 Å². The van der Waals surface area contributed by atoms with Gasteiger partial charge in [-0.3, -0.25) is 9.80 Å². The second-order valence-corrected chi connectivity index (χ2v) is 3.89. The summed E-state index contributed by atoms with van der Waals surface area (Å²) in [7, 11) is 0. The number of hydrogen-bond acceptors (Lipinski definition) is 4. The SMILES string of the molecule is OC1CCN(CN2CCOCC2)C1. The van der Waals surface area contributed by atoms with Crippen molar-refractivity contribution in [2.24, 2.45) is 0 Å². The van der Waals surface area contributed by atoms with Gasteiger partial charge in [-0.2, -0.15) is 0 Å². The van der Waals surface area contributed by atoms with Gasteiger partial charge in [-0.05, 0) is 6.42 Å². The quantitative estimate of drug-likeness (QED) is 0.621. The summed E-state index contributed by atoms with van der Waals surface area (Å²) in [5, 5.41) is 9.34. The van der Waals surface area contributed by atoms with Crippen LogP contribution in [0.2, 0.25) is 0 Å². The Morgan fingerprint density at radius 2 is 1.92 bits per heavy atom. The van der Waals surface area contributed by atoms with Gasteiger partial charge in [0.2, 0.25) is 0 Å². The number of rotatable bonds is 2. The third-order valence-electron chi connectivity index (χ3n) is 2.75. The molecule has 76 valence electrons. The predicted molar refractivity (Wildman–Crippen MR) is 49.5 cm³/mol. The van der Waals surface area contributed by atoms with E-state index in [0.29, 0.717) is 0 Å². The van der Waals surface area contributed by atoms with E-state index in [-0.39, 0.29) is 6.10 Å². The van der Waals surface area contributed by atoms with E-state index in [0.717, 1.165) is 52.5 Å². The van der Waals surface area contributed by atoms with Crippen LogP contribution in [0.25, 0.3) is 0 Å². The highest BCUT2D eigenvalue weighted by molar-refractivity contribution is 4.75. The zero-order valence-corrected chi connectivity index (χ0v) is 7.98. The summed E-state index contributed by atoms with van der Waals surface area (Å²) in [6, 6.07) is 0. The summed E-state index contributed by atoms with van der Waals surface area (Å²) in [5.41, 5.74) is 0. The van der Waals surface area contributed by atoms with Gasteiger partial charge in [-0.1, -0.05) is 0 Å². The van der Waals surface area contributed by atoms with Gasteiger partial charge in [0.25, 0.3) is 0 Å². The number of morpholine rings is 1. The van der Waals surface area contributed by atoms with Crippen molar-refractivity contribution >= 4 is 0 Å². The van der Waals surface area contributed by atoms with E-state index in [1.165, 1.54) is 0 Å². The highest BCUT2D eigenvalue weighted by Crippen LogP contribution is 2.09. The van der Waals surface area contributed by atoms with Gasteiger partial charge < -0.3 is 9.84 Å². The number of aliphatic hydroxyl groups excluding tert-OH is 1. The minimum absolute atomic E-state index is 0.0963. The average Bonchev–Trinajstić information content (AvgIpc) is 2.53. The van der Waals surface area contributed by atoms with Crippen molar-refractivity contribution in [1.29, 1.82) is 0 Å². The standard InChI is InChI=1S/C9H18N2O2/c12-9-1-2-11(7-9)8-10-3-5-13-6-4-10/h9,12H,1-8H2. The molecule has 0 aromatic carbocycles. The van der Waals surface area contributed by atoms with E-state index < -0.39 is 0 Å². The van der Waals surface area contributed by atoms with Crippen LogP contribution in [-0.2, 0) is 4.74 Å². The number of hydrogen-bond donors (Lipinski definition) is 1. The first-order valence-corrected chi connectivity index (χ1v) is 5.05. The number of nitrogens with zero attached hydrogens (tertiary/aromatic N) is 2. The molecule has 0 aliphatic carbocycles. The fourth-order valence-electron chi connectivity index (χ4n) is 1.97. The monoisotopic (exact) mass is 186 g/mol. The second-order valence-electron chi connectivity index (χ2n) is 3.89. The van der Waals surface area contributed by atoms with E-state index in [1.54, 1.807) is 0 Å². The summed E-state index contributed by atoms with van der Waals surface area (Å²) in [6.07, 6.45) is 0.839. The molecule has 0 amide bonds. The maximum Gasteiger partial charge on any atom is 0.0679 e. The molecule has 1 atom stereocenters. The molecule has 4 heteroatoms. The minimum atomic E-state index is -0.0963. The van der Waals surface area contributed by atoms with Crippen molar-refractivity contribution in [3.05, 3.63) is 0 Å². The fraction of sp³-hybridized carbons (Fsp3) is 1.00. The highest BCUT2D eigenvalue weighted by Gasteiger charge is 2.22. The Hall–Kier alpha value is -0.160. The van der Waals surface area contributed by atoms with Gasteiger partial charge in [0, 0.05) is 26.2 Å². The van der Waals surface area contributed by atoms with Crippen LogP contribution in [0.3, 0.4) is 0 Å². The van der Waals surface area contributed by atoms with Gasteiger partial charge in [0.15, 0.2) is 0 Å². The Kier molecular flexibility index (Phi) is 3.16. The molecule has 1 N–H and O–H groups in total. The van der Waals surface area contributed by atoms with E-state index in [4.69, 9.17) is 4.74 Å². The van der Waals surface area contributed by atoms with Crippen LogP contribution in [0.5, 0.6) is 0 Å². The normalized spacial score (nSPS) is 32.5. The van der Waals surface area contributed by atoms with Gasteiger partial charge in [-0.25, -0.2) is 0 Å². The van der Waals surface area contributed by atoms with Gasteiger partial charge >= 0.3 is 0 Å². The lowest BCUT2D eigenvalue weighted by Crippen LogP contribution is -2.43. The van der Waals surface area contributed by atoms with Crippen LogP contribution >= 0.6 is 0 Å². The highest BCUT2D eigenvalue weighted by atomic mass is 16.5. The van der Waals surface area contributed by atoms with Crippen LogP contribution < -0.4 is 0 Å². The molecule has 1 unspecified atom stereocenters. The topological polar surface area (TPSA) is 35.9 Å².